The van der Waals surface area contributed by atoms with E-state index < -0.39 is 0 Å². The van der Waals surface area contributed by atoms with Crippen molar-refractivity contribution < 1.29 is 19.1 Å². The molecular weight excluding hydrogens is 332 g/mol. The number of benzene rings is 1. The SMILES string of the molecule is COc1ccccc1NC(=O)CCN1C(=O)[C@@H]2[C@@H](C1=O)[C@H]1C=C[C@H]2CC1. The minimum Gasteiger partial charge on any atom is -0.495 e. The van der Waals surface area contributed by atoms with Crippen LogP contribution in [-0.2, 0) is 14.4 Å². The highest BCUT2D eigenvalue weighted by molar-refractivity contribution is 6.06. The van der Waals surface area contributed by atoms with Crippen molar-refractivity contribution in [1.29, 1.82) is 0 Å². The summed E-state index contributed by atoms with van der Waals surface area (Å²) in [6, 6.07) is 7.14. The standard InChI is InChI=1S/C20H22N2O4/c1-26-15-5-3-2-4-14(15)21-16(23)10-11-22-19(24)17-12-6-7-13(9-8-12)18(17)20(22)25/h2-7,12-13,17-18H,8-11H2,1H3,(H,21,23)/t12-,13-,17-,18-/m0/s1. The van der Waals surface area contributed by atoms with Crippen molar-refractivity contribution >= 4 is 23.4 Å². The molecule has 1 aromatic rings. The number of para-hydroxylation sites is 2. The lowest BCUT2D eigenvalue weighted by Crippen LogP contribution is -2.38. The molecule has 6 heteroatoms. The fourth-order valence-corrected chi connectivity index (χ4v) is 4.53. The van der Waals surface area contributed by atoms with Gasteiger partial charge in [-0.15, -0.1) is 0 Å². The van der Waals surface area contributed by atoms with E-state index in [2.05, 4.69) is 17.5 Å². The third-order valence-corrected chi connectivity index (χ3v) is 5.79. The Morgan fingerprint density at radius 1 is 1.12 bits per heavy atom. The van der Waals surface area contributed by atoms with Crippen molar-refractivity contribution in [1.82, 2.24) is 4.90 Å². The van der Waals surface area contributed by atoms with E-state index in [0.717, 1.165) is 12.8 Å². The molecule has 3 amide bonds. The number of amides is 3. The normalized spacial score (nSPS) is 29.0. The Balaban J connectivity index is 1.40. The molecule has 0 unspecified atom stereocenters. The first-order chi connectivity index (χ1) is 12.6. The van der Waals surface area contributed by atoms with Gasteiger partial charge in [-0.2, -0.15) is 0 Å². The number of fused-ring (bicyclic) bond motifs is 1. The van der Waals surface area contributed by atoms with Crippen LogP contribution in [0.2, 0.25) is 0 Å². The summed E-state index contributed by atoms with van der Waals surface area (Å²) in [7, 11) is 1.54. The number of nitrogens with one attached hydrogen (secondary N) is 1. The molecule has 4 atom stereocenters. The molecule has 4 aliphatic rings. The summed E-state index contributed by atoms with van der Waals surface area (Å²) in [5, 5.41) is 2.78. The molecule has 1 saturated carbocycles. The number of likely N-dealkylation sites (tertiary alicyclic amines) is 1. The van der Waals surface area contributed by atoms with Crippen LogP contribution in [0.15, 0.2) is 36.4 Å². The molecule has 2 fully saturated rings. The summed E-state index contributed by atoms with van der Waals surface area (Å²) < 4.78 is 5.21. The van der Waals surface area contributed by atoms with Crippen LogP contribution in [-0.4, -0.2) is 36.3 Å². The van der Waals surface area contributed by atoms with Gasteiger partial charge in [0.15, 0.2) is 0 Å². The van der Waals surface area contributed by atoms with Gasteiger partial charge in [0.05, 0.1) is 24.6 Å². The molecule has 1 N–H and O–H groups in total. The Hall–Kier alpha value is -2.63. The predicted molar refractivity (Wildman–Crippen MR) is 95.3 cm³/mol. The van der Waals surface area contributed by atoms with Gasteiger partial charge in [-0.05, 0) is 36.8 Å². The number of methoxy groups -OCH3 is 1. The first-order valence-corrected chi connectivity index (χ1v) is 9.06. The molecule has 0 radical (unpaired) electrons. The summed E-state index contributed by atoms with van der Waals surface area (Å²) in [4.78, 5) is 39.0. The molecule has 1 heterocycles. The first kappa shape index (κ1) is 16.8. The molecular formula is C20H22N2O4. The number of hydrogen-bond donors (Lipinski definition) is 1. The van der Waals surface area contributed by atoms with Crippen LogP contribution < -0.4 is 10.1 Å². The van der Waals surface area contributed by atoms with Gasteiger partial charge in [-0.25, -0.2) is 0 Å². The third-order valence-electron chi connectivity index (χ3n) is 5.79. The number of imide groups is 1. The van der Waals surface area contributed by atoms with Gasteiger partial charge >= 0.3 is 0 Å². The Kier molecular flexibility index (Phi) is 4.26. The Morgan fingerprint density at radius 2 is 1.73 bits per heavy atom. The molecule has 2 bridgehead atoms. The highest BCUT2D eigenvalue weighted by Crippen LogP contribution is 2.49. The van der Waals surface area contributed by atoms with Crippen LogP contribution in [0.3, 0.4) is 0 Å². The number of hydrogen-bond acceptors (Lipinski definition) is 4. The molecule has 1 saturated heterocycles. The summed E-state index contributed by atoms with van der Waals surface area (Å²) in [6.45, 7) is 0.130. The van der Waals surface area contributed by atoms with Crippen molar-refractivity contribution in [3.63, 3.8) is 0 Å². The maximum atomic E-state index is 12.7. The number of carbonyl (C=O) groups is 3. The van der Waals surface area contributed by atoms with Gasteiger partial charge in [-0.1, -0.05) is 24.3 Å². The smallest absolute Gasteiger partial charge is 0.233 e. The summed E-state index contributed by atoms with van der Waals surface area (Å²) in [5.41, 5.74) is 0.579. The van der Waals surface area contributed by atoms with Crippen LogP contribution in [0.5, 0.6) is 5.75 Å². The summed E-state index contributed by atoms with van der Waals surface area (Å²) in [5.74, 6) is 0.0250. The van der Waals surface area contributed by atoms with Gasteiger partial charge < -0.3 is 10.1 Å². The van der Waals surface area contributed by atoms with Crippen LogP contribution in [0.4, 0.5) is 5.69 Å². The van der Waals surface area contributed by atoms with E-state index in [9.17, 15) is 14.4 Å². The molecule has 5 rings (SSSR count). The number of allylic oxidation sites excluding steroid dienone is 2. The van der Waals surface area contributed by atoms with E-state index >= 15 is 0 Å². The topological polar surface area (TPSA) is 75.7 Å². The number of nitrogens with zero attached hydrogens (tertiary/aromatic N) is 1. The van der Waals surface area contributed by atoms with E-state index in [-0.39, 0.29) is 54.4 Å². The van der Waals surface area contributed by atoms with E-state index in [1.807, 2.05) is 6.07 Å². The quantitative estimate of drug-likeness (QED) is 0.650. The number of ether oxygens (including phenoxy) is 1. The molecule has 0 spiro atoms. The molecule has 136 valence electrons. The fourth-order valence-electron chi connectivity index (χ4n) is 4.53. The molecule has 1 aromatic carbocycles. The van der Waals surface area contributed by atoms with Gasteiger partial charge in [0, 0.05) is 13.0 Å². The average Bonchev–Trinajstić information content (AvgIpc) is 2.94. The lowest BCUT2D eigenvalue weighted by atomic mass is 9.63. The largest absolute Gasteiger partial charge is 0.495 e. The highest BCUT2D eigenvalue weighted by Gasteiger charge is 2.56. The number of rotatable bonds is 5. The van der Waals surface area contributed by atoms with E-state index in [4.69, 9.17) is 4.74 Å². The average molecular weight is 354 g/mol. The minimum absolute atomic E-state index is 0.0811. The third kappa shape index (κ3) is 2.69. The van der Waals surface area contributed by atoms with Crippen molar-refractivity contribution in [2.45, 2.75) is 19.3 Å². The fraction of sp³-hybridized carbons (Fsp3) is 0.450. The zero-order chi connectivity index (χ0) is 18.3. The van der Waals surface area contributed by atoms with Gasteiger partial charge in [0.1, 0.15) is 5.75 Å². The van der Waals surface area contributed by atoms with Crippen LogP contribution >= 0.6 is 0 Å². The highest BCUT2D eigenvalue weighted by atomic mass is 16.5. The van der Waals surface area contributed by atoms with Crippen molar-refractivity contribution in [2.24, 2.45) is 23.7 Å². The predicted octanol–water partition coefficient (Wildman–Crippen LogP) is 2.22. The second kappa shape index (κ2) is 6.59. The Morgan fingerprint density at radius 3 is 2.31 bits per heavy atom. The monoisotopic (exact) mass is 354 g/mol. The Labute approximate surface area is 152 Å². The first-order valence-electron chi connectivity index (χ1n) is 9.06. The molecule has 3 aliphatic carbocycles. The van der Waals surface area contributed by atoms with Gasteiger partial charge in [-0.3, -0.25) is 19.3 Å². The second-order valence-electron chi connectivity index (χ2n) is 7.17. The van der Waals surface area contributed by atoms with E-state index in [1.165, 1.54) is 12.0 Å². The zero-order valence-electron chi connectivity index (χ0n) is 14.7. The maximum Gasteiger partial charge on any atom is 0.233 e. The van der Waals surface area contributed by atoms with Gasteiger partial charge in [0.2, 0.25) is 17.7 Å². The van der Waals surface area contributed by atoms with E-state index in [1.54, 1.807) is 18.2 Å². The zero-order valence-corrected chi connectivity index (χ0v) is 14.7. The van der Waals surface area contributed by atoms with Crippen LogP contribution in [0, 0.1) is 23.7 Å². The molecule has 6 nitrogen and oxygen atoms in total. The number of carbonyl (C=O) groups excluding carboxylic acids is 3. The maximum absolute atomic E-state index is 12.7. The van der Waals surface area contributed by atoms with Crippen molar-refractivity contribution in [3.05, 3.63) is 36.4 Å². The lowest BCUT2D eigenvalue weighted by Gasteiger charge is -2.38. The molecule has 1 aliphatic heterocycles. The molecule has 26 heavy (non-hydrogen) atoms. The van der Waals surface area contributed by atoms with Gasteiger partial charge in [0.25, 0.3) is 0 Å². The van der Waals surface area contributed by atoms with Crippen LogP contribution in [0.25, 0.3) is 0 Å². The van der Waals surface area contributed by atoms with Crippen molar-refractivity contribution in [2.75, 3.05) is 19.0 Å². The van der Waals surface area contributed by atoms with Crippen molar-refractivity contribution in [3.8, 4) is 5.75 Å². The lowest BCUT2D eigenvalue weighted by molar-refractivity contribution is -0.140. The Bertz CT molecular complexity index is 756. The molecule has 0 aromatic heterocycles. The number of anilines is 1. The van der Waals surface area contributed by atoms with Crippen LogP contribution in [0.1, 0.15) is 19.3 Å². The minimum atomic E-state index is -0.244. The second-order valence-corrected chi connectivity index (χ2v) is 7.17. The van der Waals surface area contributed by atoms with E-state index in [0.29, 0.717) is 11.4 Å². The summed E-state index contributed by atoms with van der Waals surface area (Å²) in [6.07, 6.45) is 6.22. The summed E-state index contributed by atoms with van der Waals surface area (Å²) >= 11 is 0.